The van der Waals surface area contributed by atoms with Gasteiger partial charge in [-0.25, -0.2) is 4.98 Å². The normalized spacial score (nSPS) is 12.3. The van der Waals surface area contributed by atoms with Crippen LogP contribution in [0.4, 0.5) is 0 Å². The fourth-order valence-electron chi connectivity index (χ4n) is 2.28. The molecular formula is C16H13N3O2S2. The van der Waals surface area contributed by atoms with Gasteiger partial charge in [0.1, 0.15) is 16.5 Å². The van der Waals surface area contributed by atoms with E-state index in [-0.39, 0.29) is 22.7 Å². The predicted molar refractivity (Wildman–Crippen MR) is 93.8 cm³/mol. The Kier molecular flexibility index (Phi) is 3.80. The molecule has 3 aromatic heterocycles. The number of hydrogen-bond acceptors (Lipinski definition) is 6. The van der Waals surface area contributed by atoms with Crippen LogP contribution < -0.4 is 5.56 Å². The molecule has 0 saturated carbocycles. The van der Waals surface area contributed by atoms with E-state index in [9.17, 15) is 15.2 Å². The molecule has 0 spiro atoms. The van der Waals surface area contributed by atoms with Gasteiger partial charge in [-0.05, 0) is 38.5 Å². The fraction of sp³-hybridized carbons (Fsp3) is 0.188. The van der Waals surface area contributed by atoms with Crippen molar-refractivity contribution in [3.8, 4) is 6.07 Å². The van der Waals surface area contributed by atoms with E-state index in [0.717, 1.165) is 15.3 Å². The predicted octanol–water partition coefficient (Wildman–Crippen LogP) is 3.92. The number of nitrogens with one attached hydrogen (secondary N) is 1. The van der Waals surface area contributed by atoms with Crippen molar-refractivity contribution in [2.75, 3.05) is 0 Å². The first-order valence-corrected chi connectivity index (χ1v) is 8.46. The molecule has 0 bridgehead atoms. The van der Waals surface area contributed by atoms with Crippen molar-refractivity contribution in [3.63, 3.8) is 0 Å². The van der Waals surface area contributed by atoms with Crippen LogP contribution in [0.25, 0.3) is 21.5 Å². The highest BCUT2D eigenvalue weighted by atomic mass is 32.1. The summed E-state index contributed by atoms with van der Waals surface area (Å²) in [5.74, 6) is -0.0760. The molecule has 7 heteroatoms. The molecule has 0 unspecified atom stereocenters. The van der Waals surface area contributed by atoms with Crippen molar-refractivity contribution in [2.24, 2.45) is 0 Å². The Labute approximate surface area is 140 Å². The number of H-pyrrole nitrogens is 1. The summed E-state index contributed by atoms with van der Waals surface area (Å²) in [6.45, 7) is 5.71. The maximum absolute atomic E-state index is 12.3. The number of aromatic nitrogens is 2. The molecule has 0 fully saturated rings. The van der Waals surface area contributed by atoms with E-state index in [1.807, 2.05) is 32.9 Å². The lowest BCUT2D eigenvalue weighted by atomic mass is 10.2. The van der Waals surface area contributed by atoms with E-state index in [1.165, 1.54) is 22.7 Å². The summed E-state index contributed by atoms with van der Waals surface area (Å²) >= 11 is 2.78. The molecule has 2 N–H and O–H groups in total. The van der Waals surface area contributed by atoms with Gasteiger partial charge >= 0.3 is 0 Å². The molecule has 0 radical (unpaired) electrons. The third kappa shape index (κ3) is 2.56. The topological polar surface area (TPSA) is 89.8 Å². The van der Waals surface area contributed by atoms with E-state index in [2.05, 4.69) is 9.97 Å². The minimum atomic E-state index is -0.297. The van der Waals surface area contributed by atoms with Gasteiger partial charge in [-0.2, -0.15) is 5.26 Å². The molecule has 0 aliphatic heterocycles. The molecule has 116 valence electrons. The van der Waals surface area contributed by atoms with Gasteiger partial charge < -0.3 is 10.1 Å². The highest BCUT2D eigenvalue weighted by molar-refractivity contribution is 7.18. The van der Waals surface area contributed by atoms with Crippen LogP contribution in [0, 0.1) is 32.1 Å². The number of fused-ring (bicyclic) bond motifs is 1. The van der Waals surface area contributed by atoms with Crippen LogP contribution in [0.2, 0.25) is 0 Å². The summed E-state index contributed by atoms with van der Waals surface area (Å²) in [5, 5.41) is 20.3. The summed E-state index contributed by atoms with van der Waals surface area (Å²) in [6, 6.07) is 5.54. The summed E-state index contributed by atoms with van der Waals surface area (Å²) in [5.41, 5.74) is 0.565. The second kappa shape index (κ2) is 5.65. The fourth-order valence-corrected chi connectivity index (χ4v) is 4.12. The van der Waals surface area contributed by atoms with Gasteiger partial charge in [0.05, 0.1) is 10.3 Å². The largest absolute Gasteiger partial charge is 0.505 e. The number of nitriles is 1. The second-order valence-electron chi connectivity index (χ2n) is 5.12. The smallest absolute Gasteiger partial charge is 0.260 e. The minimum Gasteiger partial charge on any atom is -0.505 e. The number of aliphatic hydroxyl groups is 1. The van der Waals surface area contributed by atoms with E-state index in [1.54, 1.807) is 6.07 Å². The third-order valence-corrected chi connectivity index (χ3v) is 5.71. The van der Waals surface area contributed by atoms with Gasteiger partial charge in [-0.1, -0.05) is 0 Å². The third-order valence-electron chi connectivity index (χ3n) is 3.60. The number of aromatic amines is 1. The Bertz CT molecular complexity index is 1050. The summed E-state index contributed by atoms with van der Waals surface area (Å²) in [6.07, 6.45) is 0. The zero-order valence-electron chi connectivity index (χ0n) is 12.7. The van der Waals surface area contributed by atoms with Gasteiger partial charge in [-0.15, -0.1) is 22.7 Å². The van der Waals surface area contributed by atoms with Crippen LogP contribution in [0.3, 0.4) is 0 Å². The quantitative estimate of drug-likeness (QED) is 0.545. The Balaban J connectivity index is 2.26. The van der Waals surface area contributed by atoms with Gasteiger partial charge in [0.2, 0.25) is 0 Å². The maximum Gasteiger partial charge on any atom is 0.260 e. The first-order chi connectivity index (χ1) is 10.9. The first kappa shape index (κ1) is 15.5. The molecule has 23 heavy (non-hydrogen) atoms. The Morgan fingerprint density at radius 1 is 1.30 bits per heavy atom. The number of allylic oxidation sites excluding steroid dienone is 1. The molecule has 0 aliphatic carbocycles. The lowest BCUT2D eigenvalue weighted by molar-refractivity contribution is 0.516. The molecule has 0 aliphatic rings. The molecule has 0 amide bonds. The van der Waals surface area contributed by atoms with E-state index < -0.39 is 0 Å². The van der Waals surface area contributed by atoms with Gasteiger partial charge in [0.15, 0.2) is 11.6 Å². The molecule has 3 aromatic rings. The lowest BCUT2D eigenvalue weighted by Gasteiger charge is -2.02. The average Bonchev–Trinajstić information content (AvgIpc) is 3.04. The monoisotopic (exact) mass is 343 g/mol. The van der Waals surface area contributed by atoms with Crippen LogP contribution in [0.15, 0.2) is 16.9 Å². The van der Waals surface area contributed by atoms with E-state index in [0.29, 0.717) is 15.1 Å². The van der Waals surface area contributed by atoms with Crippen molar-refractivity contribution in [1.29, 1.82) is 5.26 Å². The van der Waals surface area contributed by atoms with Crippen LogP contribution in [0.5, 0.6) is 0 Å². The second-order valence-corrected chi connectivity index (χ2v) is 7.61. The standard InChI is InChI=1S/C16H13N3O2S2/c1-7-4-5-11(22-7)13(20)10(6-17)14-18-15(21)12-8(2)9(3)23-16(12)19-14/h4-5,20H,1-3H3,(H,18,19,21)/b13-10-. The average molecular weight is 343 g/mol. The number of nitrogens with zero attached hydrogens (tertiary/aromatic N) is 2. The van der Waals surface area contributed by atoms with Crippen molar-refractivity contribution in [3.05, 3.63) is 48.5 Å². The van der Waals surface area contributed by atoms with Gasteiger partial charge in [0.25, 0.3) is 5.56 Å². The minimum absolute atomic E-state index is 0.0328. The van der Waals surface area contributed by atoms with Gasteiger partial charge in [0, 0.05) is 9.75 Å². The highest BCUT2D eigenvalue weighted by Gasteiger charge is 2.18. The van der Waals surface area contributed by atoms with Crippen molar-refractivity contribution >= 4 is 44.2 Å². The molecule has 5 nitrogen and oxygen atoms in total. The summed E-state index contributed by atoms with van der Waals surface area (Å²) < 4.78 is 0. The van der Waals surface area contributed by atoms with Crippen LogP contribution >= 0.6 is 22.7 Å². The van der Waals surface area contributed by atoms with Crippen molar-refractivity contribution < 1.29 is 5.11 Å². The molecule has 0 atom stereocenters. The number of aliphatic hydroxyl groups excluding tert-OH is 1. The number of thiophene rings is 2. The molecule has 0 aromatic carbocycles. The van der Waals surface area contributed by atoms with Crippen molar-refractivity contribution in [2.45, 2.75) is 20.8 Å². The number of rotatable bonds is 2. The van der Waals surface area contributed by atoms with Gasteiger partial charge in [-0.3, -0.25) is 4.79 Å². The SMILES string of the molecule is Cc1ccc(/C(O)=C(\C#N)c2nc3sc(C)c(C)c3c(=O)[nH]2)s1. The van der Waals surface area contributed by atoms with Crippen LogP contribution in [0.1, 0.15) is 26.0 Å². The maximum atomic E-state index is 12.3. The summed E-state index contributed by atoms with van der Waals surface area (Å²) in [4.78, 5) is 22.5. The highest BCUT2D eigenvalue weighted by Crippen LogP contribution is 2.30. The summed E-state index contributed by atoms with van der Waals surface area (Å²) in [7, 11) is 0. The van der Waals surface area contributed by atoms with E-state index in [4.69, 9.17) is 0 Å². The molecule has 0 saturated heterocycles. The van der Waals surface area contributed by atoms with Crippen LogP contribution in [-0.4, -0.2) is 15.1 Å². The number of aryl methyl sites for hydroxylation is 3. The number of hydrogen-bond donors (Lipinski definition) is 2. The van der Waals surface area contributed by atoms with Crippen molar-refractivity contribution in [1.82, 2.24) is 9.97 Å². The molecule has 3 heterocycles. The Hall–Kier alpha value is -2.43. The van der Waals surface area contributed by atoms with Crippen LogP contribution in [-0.2, 0) is 0 Å². The Morgan fingerprint density at radius 3 is 2.65 bits per heavy atom. The Morgan fingerprint density at radius 2 is 2.04 bits per heavy atom. The molecular weight excluding hydrogens is 330 g/mol. The first-order valence-electron chi connectivity index (χ1n) is 6.83. The zero-order chi connectivity index (χ0) is 16.7. The molecule has 3 rings (SSSR count). The lowest BCUT2D eigenvalue weighted by Crippen LogP contribution is -2.11. The zero-order valence-corrected chi connectivity index (χ0v) is 14.4. The van der Waals surface area contributed by atoms with E-state index >= 15 is 0 Å².